The average molecular weight is 374 g/mol. The number of anilines is 2. The Morgan fingerprint density at radius 3 is 2.52 bits per heavy atom. The van der Waals surface area contributed by atoms with E-state index in [4.69, 9.17) is 23.2 Å². The van der Waals surface area contributed by atoms with Crippen molar-refractivity contribution in [1.29, 1.82) is 0 Å². The van der Waals surface area contributed by atoms with Crippen LogP contribution in [0.25, 0.3) is 0 Å². The molecule has 2 heterocycles. The summed E-state index contributed by atoms with van der Waals surface area (Å²) in [6, 6.07) is 8.65. The summed E-state index contributed by atoms with van der Waals surface area (Å²) in [5.74, 6) is 0.0899. The van der Waals surface area contributed by atoms with Gasteiger partial charge in [0.25, 0.3) is 5.91 Å². The van der Waals surface area contributed by atoms with E-state index in [-0.39, 0.29) is 5.91 Å². The zero-order valence-corrected chi connectivity index (χ0v) is 14.4. The first-order valence-electron chi connectivity index (χ1n) is 7.33. The fourth-order valence-corrected chi connectivity index (χ4v) is 2.30. The molecule has 0 aliphatic rings. The van der Waals surface area contributed by atoms with Gasteiger partial charge in [0.05, 0.1) is 15.6 Å². The second-order valence-corrected chi connectivity index (χ2v) is 5.91. The van der Waals surface area contributed by atoms with Crippen LogP contribution in [-0.2, 0) is 6.54 Å². The maximum absolute atomic E-state index is 12.2. The molecule has 0 radical (unpaired) electrons. The summed E-state index contributed by atoms with van der Waals surface area (Å²) in [6.45, 7) is 0.544. The van der Waals surface area contributed by atoms with Crippen LogP contribution in [0.4, 0.5) is 11.6 Å². The molecule has 2 N–H and O–H groups in total. The fourth-order valence-electron chi connectivity index (χ4n) is 2.00. The number of carbonyl (C=O) groups excluding carboxylic acids is 1. The van der Waals surface area contributed by atoms with E-state index in [1.807, 2.05) is 12.1 Å². The molecular weight excluding hydrogens is 361 g/mol. The van der Waals surface area contributed by atoms with Crippen molar-refractivity contribution in [1.82, 2.24) is 15.0 Å². The number of amides is 1. The highest BCUT2D eigenvalue weighted by Crippen LogP contribution is 2.25. The second kappa shape index (κ2) is 7.92. The number of hydrogen-bond acceptors (Lipinski definition) is 5. The van der Waals surface area contributed by atoms with Gasteiger partial charge >= 0.3 is 0 Å². The van der Waals surface area contributed by atoms with Gasteiger partial charge in [-0.05, 0) is 29.8 Å². The van der Waals surface area contributed by atoms with Crippen molar-refractivity contribution in [2.45, 2.75) is 6.54 Å². The molecule has 0 atom stereocenters. The Labute approximate surface area is 154 Å². The maximum Gasteiger partial charge on any atom is 0.258 e. The van der Waals surface area contributed by atoms with E-state index in [0.717, 1.165) is 5.56 Å². The number of halogens is 2. The third kappa shape index (κ3) is 4.65. The predicted octanol–water partition coefficient (Wildman–Crippen LogP) is 4.04. The lowest BCUT2D eigenvalue weighted by Crippen LogP contribution is -2.13. The van der Waals surface area contributed by atoms with Gasteiger partial charge in [0.1, 0.15) is 0 Å². The lowest BCUT2D eigenvalue weighted by molar-refractivity contribution is 0.102. The molecule has 0 aliphatic carbocycles. The van der Waals surface area contributed by atoms with E-state index >= 15 is 0 Å². The van der Waals surface area contributed by atoms with Gasteiger partial charge in [0.15, 0.2) is 0 Å². The van der Waals surface area contributed by atoms with Gasteiger partial charge in [-0.3, -0.25) is 9.78 Å². The highest BCUT2D eigenvalue weighted by Gasteiger charge is 2.09. The topological polar surface area (TPSA) is 79.8 Å². The Hall–Kier alpha value is -2.70. The molecule has 6 nitrogen and oxygen atoms in total. The van der Waals surface area contributed by atoms with E-state index in [1.54, 1.807) is 30.6 Å². The second-order valence-electron chi connectivity index (χ2n) is 5.09. The van der Waals surface area contributed by atoms with Crippen molar-refractivity contribution in [3.05, 3.63) is 76.3 Å². The molecule has 3 aromatic rings. The summed E-state index contributed by atoms with van der Waals surface area (Å²) >= 11 is 11.8. The van der Waals surface area contributed by atoms with Crippen molar-refractivity contribution in [3.8, 4) is 0 Å². The first-order chi connectivity index (χ1) is 12.1. The number of benzene rings is 1. The van der Waals surface area contributed by atoms with Crippen LogP contribution in [0, 0.1) is 0 Å². The number of nitrogens with one attached hydrogen (secondary N) is 2. The molecule has 0 aliphatic heterocycles. The Morgan fingerprint density at radius 2 is 1.84 bits per heavy atom. The summed E-state index contributed by atoms with van der Waals surface area (Å²) in [7, 11) is 0. The summed E-state index contributed by atoms with van der Waals surface area (Å²) in [5.41, 5.74) is 1.88. The van der Waals surface area contributed by atoms with Gasteiger partial charge in [-0.15, -0.1) is 0 Å². The third-order valence-corrected chi connectivity index (χ3v) is 4.00. The third-order valence-electron chi connectivity index (χ3n) is 3.26. The first kappa shape index (κ1) is 17.1. The van der Waals surface area contributed by atoms with Gasteiger partial charge in [-0.2, -0.15) is 0 Å². The van der Waals surface area contributed by atoms with Crippen LogP contribution in [-0.4, -0.2) is 20.9 Å². The quantitative estimate of drug-likeness (QED) is 0.705. The lowest BCUT2D eigenvalue weighted by atomic mass is 10.2. The molecule has 1 aromatic carbocycles. The highest BCUT2D eigenvalue weighted by atomic mass is 35.5. The van der Waals surface area contributed by atoms with E-state index in [2.05, 4.69) is 25.6 Å². The van der Waals surface area contributed by atoms with Crippen LogP contribution in [0.2, 0.25) is 10.0 Å². The SMILES string of the molecule is O=C(Nc1ccc(Cl)c(Cl)c1)c1cnc(NCc2cccnc2)nc1. The first-order valence-corrected chi connectivity index (χ1v) is 8.08. The largest absolute Gasteiger partial charge is 0.350 e. The van der Waals surface area contributed by atoms with Crippen molar-refractivity contribution in [2.75, 3.05) is 10.6 Å². The van der Waals surface area contributed by atoms with E-state index in [1.165, 1.54) is 12.4 Å². The van der Waals surface area contributed by atoms with Gasteiger partial charge in [-0.25, -0.2) is 9.97 Å². The van der Waals surface area contributed by atoms with Crippen LogP contribution in [0.3, 0.4) is 0 Å². The van der Waals surface area contributed by atoms with Crippen molar-refractivity contribution >= 4 is 40.7 Å². The molecule has 126 valence electrons. The molecule has 3 rings (SSSR count). The number of nitrogens with zero attached hydrogens (tertiary/aromatic N) is 3. The van der Waals surface area contributed by atoms with E-state index in [0.29, 0.717) is 33.8 Å². The molecule has 0 saturated heterocycles. The Bertz CT molecular complexity index is 872. The smallest absolute Gasteiger partial charge is 0.258 e. The van der Waals surface area contributed by atoms with Gasteiger partial charge in [0.2, 0.25) is 5.95 Å². The zero-order chi connectivity index (χ0) is 17.6. The number of rotatable bonds is 5. The monoisotopic (exact) mass is 373 g/mol. The molecule has 0 fully saturated rings. The molecule has 0 unspecified atom stereocenters. The number of hydrogen-bond donors (Lipinski definition) is 2. The maximum atomic E-state index is 12.2. The van der Waals surface area contributed by atoms with Crippen molar-refractivity contribution in [3.63, 3.8) is 0 Å². The Morgan fingerprint density at radius 1 is 1.04 bits per heavy atom. The zero-order valence-electron chi connectivity index (χ0n) is 12.9. The predicted molar refractivity (Wildman–Crippen MR) is 98.0 cm³/mol. The molecule has 25 heavy (non-hydrogen) atoms. The lowest BCUT2D eigenvalue weighted by Gasteiger charge is -2.07. The number of pyridine rings is 1. The van der Waals surface area contributed by atoms with Gasteiger partial charge in [0, 0.05) is 37.0 Å². The van der Waals surface area contributed by atoms with Crippen LogP contribution >= 0.6 is 23.2 Å². The molecule has 0 saturated carbocycles. The van der Waals surface area contributed by atoms with Crippen LogP contribution in [0.15, 0.2) is 55.1 Å². The Balaban J connectivity index is 1.61. The van der Waals surface area contributed by atoms with Crippen LogP contribution < -0.4 is 10.6 Å². The minimum absolute atomic E-state index is 0.331. The summed E-state index contributed by atoms with van der Waals surface area (Å²) in [6.07, 6.45) is 6.37. The minimum Gasteiger partial charge on any atom is -0.350 e. The summed E-state index contributed by atoms with van der Waals surface area (Å²) in [4.78, 5) is 24.5. The standard InChI is InChI=1S/C17H13Cl2N5O/c18-14-4-3-13(6-15(14)19)24-16(25)12-9-22-17(23-10-12)21-8-11-2-1-5-20-7-11/h1-7,9-10H,8H2,(H,24,25)(H,21,22,23). The van der Waals surface area contributed by atoms with E-state index in [9.17, 15) is 4.79 Å². The van der Waals surface area contributed by atoms with Crippen LogP contribution in [0.5, 0.6) is 0 Å². The number of carbonyl (C=O) groups is 1. The molecule has 0 spiro atoms. The van der Waals surface area contributed by atoms with Crippen molar-refractivity contribution in [2.24, 2.45) is 0 Å². The summed E-state index contributed by atoms with van der Waals surface area (Å²) in [5, 5.41) is 6.57. The normalized spacial score (nSPS) is 10.3. The minimum atomic E-state index is -0.336. The molecule has 1 amide bonds. The number of aromatic nitrogens is 3. The van der Waals surface area contributed by atoms with Gasteiger partial charge in [-0.1, -0.05) is 29.3 Å². The molecule has 8 heteroatoms. The van der Waals surface area contributed by atoms with Crippen molar-refractivity contribution < 1.29 is 4.79 Å². The fraction of sp³-hybridized carbons (Fsp3) is 0.0588. The molecule has 2 aromatic heterocycles. The highest BCUT2D eigenvalue weighted by molar-refractivity contribution is 6.42. The van der Waals surface area contributed by atoms with E-state index < -0.39 is 0 Å². The molecule has 0 bridgehead atoms. The molecular formula is C17H13Cl2N5O. The summed E-state index contributed by atoms with van der Waals surface area (Å²) < 4.78 is 0. The average Bonchev–Trinajstić information content (AvgIpc) is 2.64. The van der Waals surface area contributed by atoms with Gasteiger partial charge < -0.3 is 10.6 Å². The van der Waals surface area contributed by atoms with Crippen LogP contribution in [0.1, 0.15) is 15.9 Å². The Kier molecular flexibility index (Phi) is 5.42.